The molecule has 1 fully saturated rings. The van der Waals surface area contributed by atoms with Crippen molar-refractivity contribution in [2.75, 3.05) is 44.9 Å². The molecule has 31 heavy (non-hydrogen) atoms. The number of anilines is 1. The van der Waals surface area contributed by atoms with Gasteiger partial charge in [-0.25, -0.2) is 0 Å². The molecule has 0 bridgehead atoms. The van der Waals surface area contributed by atoms with E-state index >= 15 is 0 Å². The van der Waals surface area contributed by atoms with Gasteiger partial charge >= 0.3 is 0 Å². The number of hydrogen-bond acceptors (Lipinski definition) is 6. The number of hydrogen-bond donors (Lipinski definition) is 1. The fourth-order valence-corrected chi connectivity index (χ4v) is 3.36. The summed E-state index contributed by atoms with van der Waals surface area (Å²) in [5.74, 6) is 1.03. The van der Waals surface area contributed by atoms with Crippen molar-refractivity contribution in [1.82, 2.24) is 5.32 Å². The molecule has 1 N–H and O–H groups in total. The molecular formula is C24H30N2O5. The zero-order chi connectivity index (χ0) is 22.1. The van der Waals surface area contributed by atoms with Crippen molar-refractivity contribution in [2.45, 2.75) is 26.3 Å². The van der Waals surface area contributed by atoms with Crippen LogP contribution in [0.1, 0.15) is 35.7 Å². The minimum Gasteiger partial charge on any atom is -0.493 e. The molecule has 0 saturated carbocycles. The highest BCUT2D eigenvalue weighted by molar-refractivity contribution is 5.94. The first-order chi connectivity index (χ1) is 15.1. The third-order valence-electron chi connectivity index (χ3n) is 5.18. The molecule has 0 aliphatic carbocycles. The number of amides is 1. The summed E-state index contributed by atoms with van der Waals surface area (Å²) in [7, 11) is 1.53. The maximum Gasteiger partial charge on any atom is 0.220 e. The first kappa shape index (κ1) is 22.6. The molecule has 1 aliphatic heterocycles. The van der Waals surface area contributed by atoms with Crippen molar-refractivity contribution >= 4 is 17.4 Å². The molecule has 0 spiro atoms. The molecule has 1 aliphatic rings. The molecule has 1 heterocycles. The Bertz CT molecular complexity index is 876. The van der Waals surface area contributed by atoms with Crippen LogP contribution in [0.25, 0.3) is 0 Å². The Morgan fingerprint density at radius 3 is 2.48 bits per heavy atom. The monoisotopic (exact) mass is 426 g/mol. The highest BCUT2D eigenvalue weighted by Crippen LogP contribution is 2.28. The molecule has 0 unspecified atom stereocenters. The van der Waals surface area contributed by atoms with E-state index in [4.69, 9.17) is 14.2 Å². The number of rotatable bonds is 10. The molecule has 2 aromatic rings. The number of morpholine rings is 1. The summed E-state index contributed by atoms with van der Waals surface area (Å²) >= 11 is 0. The SMILES string of the molecule is COc1cc(C(C)=O)ccc1OCCCC(=O)NCc1ccc(N2CCOCC2)cc1. The third-order valence-corrected chi connectivity index (χ3v) is 5.18. The number of nitrogens with one attached hydrogen (secondary N) is 1. The second-order valence-electron chi connectivity index (χ2n) is 7.42. The number of benzene rings is 2. The van der Waals surface area contributed by atoms with E-state index in [9.17, 15) is 9.59 Å². The maximum absolute atomic E-state index is 12.1. The second-order valence-corrected chi connectivity index (χ2v) is 7.42. The van der Waals surface area contributed by atoms with E-state index in [2.05, 4.69) is 22.3 Å². The Hall–Kier alpha value is -3.06. The van der Waals surface area contributed by atoms with E-state index in [0.717, 1.165) is 31.9 Å². The van der Waals surface area contributed by atoms with Crippen molar-refractivity contribution in [3.63, 3.8) is 0 Å². The third kappa shape index (κ3) is 6.72. The first-order valence-corrected chi connectivity index (χ1v) is 10.6. The van der Waals surface area contributed by atoms with Gasteiger partial charge in [0.2, 0.25) is 5.91 Å². The number of carbonyl (C=O) groups excluding carboxylic acids is 2. The summed E-state index contributed by atoms with van der Waals surface area (Å²) in [5.41, 5.74) is 2.82. The summed E-state index contributed by atoms with van der Waals surface area (Å²) in [6.07, 6.45) is 0.957. The van der Waals surface area contributed by atoms with Gasteiger partial charge in [-0.3, -0.25) is 9.59 Å². The lowest BCUT2D eigenvalue weighted by Gasteiger charge is -2.28. The lowest BCUT2D eigenvalue weighted by Crippen LogP contribution is -2.36. The van der Waals surface area contributed by atoms with Crippen molar-refractivity contribution in [1.29, 1.82) is 0 Å². The van der Waals surface area contributed by atoms with E-state index in [-0.39, 0.29) is 11.7 Å². The zero-order valence-electron chi connectivity index (χ0n) is 18.2. The van der Waals surface area contributed by atoms with Gasteiger partial charge in [-0.1, -0.05) is 12.1 Å². The molecule has 1 amide bonds. The molecule has 2 aromatic carbocycles. The van der Waals surface area contributed by atoms with Gasteiger partial charge in [0.25, 0.3) is 0 Å². The minimum absolute atomic E-state index is 0.0141. The number of nitrogens with zero attached hydrogens (tertiary/aromatic N) is 1. The average Bonchev–Trinajstić information content (AvgIpc) is 2.81. The predicted octanol–water partition coefficient (Wildman–Crippen LogP) is 3.21. The molecule has 0 aromatic heterocycles. The topological polar surface area (TPSA) is 77.1 Å². The lowest BCUT2D eigenvalue weighted by molar-refractivity contribution is -0.121. The highest BCUT2D eigenvalue weighted by atomic mass is 16.5. The summed E-state index contributed by atoms with van der Waals surface area (Å²) in [5, 5.41) is 2.95. The van der Waals surface area contributed by atoms with Gasteiger partial charge in [-0.05, 0) is 49.2 Å². The zero-order valence-corrected chi connectivity index (χ0v) is 18.2. The molecule has 0 atom stereocenters. The summed E-state index contributed by atoms with van der Waals surface area (Å²) < 4.78 is 16.4. The van der Waals surface area contributed by atoms with Gasteiger partial charge in [0.15, 0.2) is 17.3 Å². The van der Waals surface area contributed by atoms with Crippen molar-refractivity contribution in [3.05, 3.63) is 53.6 Å². The van der Waals surface area contributed by atoms with Crippen LogP contribution in [0.2, 0.25) is 0 Å². The van der Waals surface area contributed by atoms with Crippen LogP contribution >= 0.6 is 0 Å². The standard InChI is InChI=1S/C24H30N2O5/c1-18(27)20-7-10-22(23(16-20)29-2)31-13-3-4-24(28)25-17-19-5-8-21(9-6-19)26-11-14-30-15-12-26/h5-10,16H,3-4,11-15,17H2,1-2H3,(H,25,28). The van der Waals surface area contributed by atoms with Gasteiger partial charge in [-0.2, -0.15) is 0 Å². The van der Waals surface area contributed by atoms with Crippen LogP contribution in [0.5, 0.6) is 11.5 Å². The second kappa shape index (κ2) is 11.4. The number of Topliss-reactive ketones (excluding diaryl/α,β-unsaturated/α-hetero) is 1. The first-order valence-electron chi connectivity index (χ1n) is 10.6. The lowest BCUT2D eigenvalue weighted by atomic mass is 10.1. The Kier molecular flexibility index (Phi) is 8.29. The number of ketones is 1. The fourth-order valence-electron chi connectivity index (χ4n) is 3.36. The quantitative estimate of drug-likeness (QED) is 0.464. The Morgan fingerprint density at radius 1 is 1.06 bits per heavy atom. The summed E-state index contributed by atoms with van der Waals surface area (Å²) in [4.78, 5) is 25.9. The van der Waals surface area contributed by atoms with Crippen molar-refractivity contribution in [2.24, 2.45) is 0 Å². The molecule has 3 rings (SSSR count). The number of carbonyl (C=O) groups is 2. The normalized spacial score (nSPS) is 13.5. The van der Waals surface area contributed by atoms with E-state index in [1.165, 1.54) is 19.7 Å². The van der Waals surface area contributed by atoms with Crippen molar-refractivity contribution < 1.29 is 23.8 Å². The number of ether oxygens (including phenoxy) is 3. The maximum atomic E-state index is 12.1. The molecular weight excluding hydrogens is 396 g/mol. The van der Waals surface area contributed by atoms with Crippen LogP contribution in [-0.2, 0) is 16.1 Å². The van der Waals surface area contributed by atoms with Gasteiger partial charge in [0.05, 0.1) is 26.9 Å². The highest BCUT2D eigenvalue weighted by Gasteiger charge is 2.11. The van der Waals surface area contributed by atoms with E-state index < -0.39 is 0 Å². The van der Waals surface area contributed by atoms with E-state index in [1.807, 2.05) is 12.1 Å². The number of methoxy groups -OCH3 is 1. The van der Waals surface area contributed by atoms with Crippen LogP contribution in [-0.4, -0.2) is 51.7 Å². The minimum atomic E-state index is -0.0303. The average molecular weight is 427 g/mol. The van der Waals surface area contributed by atoms with E-state index in [1.54, 1.807) is 18.2 Å². The summed E-state index contributed by atoms with van der Waals surface area (Å²) in [6.45, 7) is 5.74. The van der Waals surface area contributed by atoms with Crippen LogP contribution in [0.4, 0.5) is 5.69 Å². The molecule has 166 valence electrons. The molecule has 7 heteroatoms. The molecule has 0 radical (unpaired) electrons. The van der Waals surface area contributed by atoms with E-state index in [0.29, 0.717) is 43.1 Å². The van der Waals surface area contributed by atoms with Gasteiger partial charge in [0.1, 0.15) is 0 Å². The van der Waals surface area contributed by atoms with Crippen LogP contribution < -0.4 is 19.7 Å². The smallest absolute Gasteiger partial charge is 0.220 e. The van der Waals surface area contributed by atoms with Gasteiger partial charge in [0, 0.05) is 37.3 Å². The van der Waals surface area contributed by atoms with Crippen molar-refractivity contribution in [3.8, 4) is 11.5 Å². The Labute approximate surface area is 183 Å². The fraction of sp³-hybridized carbons (Fsp3) is 0.417. The largest absolute Gasteiger partial charge is 0.493 e. The van der Waals surface area contributed by atoms with Gasteiger partial charge < -0.3 is 24.4 Å². The van der Waals surface area contributed by atoms with Crippen LogP contribution in [0, 0.1) is 0 Å². The van der Waals surface area contributed by atoms with Gasteiger partial charge in [-0.15, -0.1) is 0 Å². The Morgan fingerprint density at radius 2 is 1.81 bits per heavy atom. The van der Waals surface area contributed by atoms with Crippen LogP contribution in [0.3, 0.4) is 0 Å². The van der Waals surface area contributed by atoms with Crippen LogP contribution in [0.15, 0.2) is 42.5 Å². The summed E-state index contributed by atoms with van der Waals surface area (Å²) in [6, 6.07) is 13.4. The Balaban J connectivity index is 1.37. The predicted molar refractivity (Wildman–Crippen MR) is 119 cm³/mol. The molecule has 7 nitrogen and oxygen atoms in total. The molecule has 1 saturated heterocycles.